The minimum atomic E-state index is 0.669. The highest BCUT2D eigenvalue weighted by atomic mass is 15.2. The molecular formula is C15H21N3. The van der Waals surface area contributed by atoms with Crippen LogP contribution in [0.4, 0.5) is 5.82 Å². The molecule has 3 nitrogen and oxygen atoms in total. The van der Waals surface area contributed by atoms with Gasteiger partial charge in [0.2, 0.25) is 0 Å². The van der Waals surface area contributed by atoms with Crippen LogP contribution in [0.5, 0.6) is 0 Å². The van der Waals surface area contributed by atoms with Gasteiger partial charge in [-0.05, 0) is 43.7 Å². The third-order valence-electron chi connectivity index (χ3n) is 3.61. The molecule has 2 rings (SSSR count). The number of hydrogen-bond acceptors (Lipinski definition) is 3. The van der Waals surface area contributed by atoms with Crippen LogP contribution < -0.4 is 4.90 Å². The highest BCUT2D eigenvalue weighted by Gasteiger charge is 2.25. The van der Waals surface area contributed by atoms with E-state index in [0.717, 1.165) is 35.7 Å². The number of rotatable bonds is 1. The highest BCUT2D eigenvalue weighted by Crippen LogP contribution is 2.28. The van der Waals surface area contributed by atoms with Gasteiger partial charge >= 0.3 is 0 Å². The molecule has 0 amide bonds. The molecule has 1 saturated heterocycles. The summed E-state index contributed by atoms with van der Waals surface area (Å²) in [5.74, 6) is 2.22. The molecule has 1 aliphatic heterocycles. The van der Waals surface area contributed by atoms with Crippen molar-refractivity contribution in [1.29, 1.82) is 5.26 Å². The average molecular weight is 243 g/mol. The molecule has 0 aliphatic carbocycles. The minimum absolute atomic E-state index is 0.669. The van der Waals surface area contributed by atoms with E-state index >= 15 is 0 Å². The van der Waals surface area contributed by atoms with Gasteiger partial charge in [-0.15, -0.1) is 0 Å². The van der Waals surface area contributed by atoms with Gasteiger partial charge in [-0.2, -0.15) is 5.26 Å². The second-order valence-electron chi connectivity index (χ2n) is 5.74. The third kappa shape index (κ3) is 2.48. The van der Waals surface area contributed by atoms with Crippen LogP contribution >= 0.6 is 0 Å². The molecule has 2 unspecified atom stereocenters. The minimum Gasteiger partial charge on any atom is -0.355 e. The number of anilines is 1. The first kappa shape index (κ1) is 12.9. The lowest BCUT2D eigenvalue weighted by molar-refractivity contribution is 0.355. The molecule has 0 radical (unpaired) electrons. The fourth-order valence-corrected chi connectivity index (χ4v) is 3.02. The maximum atomic E-state index is 9.34. The predicted octanol–water partition coefficient (Wildman–Crippen LogP) is 3.05. The van der Waals surface area contributed by atoms with Crippen LogP contribution in [0, 0.1) is 37.0 Å². The lowest BCUT2D eigenvalue weighted by Gasteiger charge is -2.36. The Bertz CT molecular complexity index is 477. The van der Waals surface area contributed by atoms with Gasteiger partial charge in [0.15, 0.2) is 0 Å². The van der Waals surface area contributed by atoms with Crippen LogP contribution in [0.15, 0.2) is 6.07 Å². The molecule has 2 heterocycles. The fourth-order valence-electron chi connectivity index (χ4n) is 3.02. The Hall–Kier alpha value is -1.56. The second-order valence-corrected chi connectivity index (χ2v) is 5.74. The maximum Gasteiger partial charge on any atom is 0.147 e. The lowest BCUT2D eigenvalue weighted by atomic mass is 9.91. The number of nitrogens with zero attached hydrogens (tertiary/aromatic N) is 3. The van der Waals surface area contributed by atoms with Crippen LogP contribution in [-0.4, -0.2) is 18.1 Å². The van der Waals surface area contributed by atoms with Crippen molar-refractivity contribution in [3.8, 4) is 6.07 Å². The number of aromatic nitrogens is 1. The quantitative estimate of drug-likeness (QED) is 0.761. The summed E-state index contributed by atoms with van der Waals surface area (Å²) in [4.78, 5) is 6.89. The summed E-state index contributed by atoms with van der Waals surface area (Å²) < 4.78 is 0. The van der Waals surface area contributed by atoms with Gasteiger partial charge in [0.1, 0.15) is 11.9 Å². The van der Waals surface area contributed by atoms with Crippen molar-refractivity contribution >= 4 is 5.82 Å². The Kier molecular flexibility index (Phi) is 3.56. The zero-order valence-corrected chi connectivity index (χ0v) is 11.7. The van der Waals surface area contributed by atoms with Crippen molar-refractivity contribution in [1.82, 2.24) is 4.98 Å². The summed E-state index contributed by atoms with van der Waals surface area (Å²) in [5, 5.41) is 9.34. The standard InChI is InChI=1S/C15H21N3/c1-10-5-11(2)9-18(8-10)15-14(7-16)12(3)6-13(4)17-15/h6,10-11H,5,8-9H2,1-4H3. The normalized spacial score (nSPS) is 23.8. The molecule has 18 heavy (non-hydrogen) atoms. The Balaban J connectivity index is 2.41. The summed E-state index contributed by atoms with van der Waals surface area (Å²) >= 11 is 0. The van der Waals surface area contributed by atoms with Crippen molar-refractivity contribution in [3.63, 3.8) is 0 Å². The number of pyridine rings is 1. The van der Waals surface area contributed by atoms with E-state index in [4.69, 9.17) is 0 Å². The molecule has 3 heteroatoms. The molecule has 0 N–H and O–H groups in total. The van der Waals surface area contributed by atoms with Gasteiger partial charge in [-0.25, -0.2) is 4.98 Å². The summed E-state index contributed by atoms with van der Waals surface area (Å²) in [6, 6.07) is 4.30. The van der Waals surface area contributed by atoms with Crippen molar-refractivity contribution < 1.29 is 0 Å². The first-order chi connectivity index (χ1) is 8.51. The Labute approximate surface area is 109 Å². The molecule has 1 aromatic heterocycles. The van der Waals surface area contributed by atoms with Gasteiger partial charge < -0.3 is 4.90 Å². The number of aryl methyl sites for hydroxylation is 2. The summed E-state index contributed by atoms with van der Waals surface area (Å²) in [6.07, 6.45) is 1.27. The summed E-state index contributed by atoms with van der Waals surface area (Å²) in [6.45, 7) is 10.6. The number of piperidine rings is 1. The summed E-state index contributed by atoms with van der Waals surface area (Å²) in [5.41, 5.74) is 2.76. The van der Waals surface area contributed by atoms with E-state index in [9.17, 15) is 5.26 Å². The summed E-state index contributed by atoms with van der Waals surface area (Å²) in [7, 11) is 0. The maximum absolute atomic E-state index is 9.34. The Morgan fingerprint density at radius 3 is 2.44 bits per heavy atom. The van der Waals surface area contributed by atoms with Gasteiger partial charge in [0.05, 0.1) is 5.56 Å². The lowest BCUT2D eigenvalue weighted by Crippen LogP contribution is -2.39. The van der Waals surface area contributed by atoms with E-state index in [1.807, 2.05) is 19.9 Å². The first-order valence-electron chi connectivity index (χ1n) is 6.64. The van der Waals surface area contributed by atoms with E-state index in [0.29, 0.717) is 11.8 Å². The average Bonchev–Trinajstić information content (AvgIpc) is 2.26. The number of nitriles is 1. The highest BCUT2D eigenvalue weighted by molar-refractivity contribution is 5.58. The molecule has 1 aromatic rings. The molecule has 0 bridgehead atoms. The first-order valence-corrected chi connectivity index (χ1v) is 6.64. The molecular weight excluding hydrogens is 222 g/mol. The zero-order chi connectivity index (χ0) is 13.3. The Morgan fingerprint density at radius 1 is 1.28 bits per heavy atom. The molecule has 0 aromatic carbocycles. The van der Waals surface area contributed by atoms with Crippen LogP contribution in [0.1, 0.15) is 37.1 Å². The van der Waals surface area contributed by atoms with Crippen molar-refractivity contribution in [2.75, 3.05) is 18.0 Å². The van der Waals surface area contributed by atoms with Gasteiger partial charge in [0.25, 0.3) is 0 Å². The van der Waals surface area contributed by atoms with E-state index in [-0.39, 0.29) is 0 Å². The second kappa shape index (κ2) is 4.97. The molecule has 96 valence electrons. The van der Waals surface area contributed by atoms with Gasteiger partial charge in [0, 0.05) is 18.8 Å². The van der Waals surface area contributed by atoms with Gasteiger partial charge in [-0.3, -0.25) is 0 Å². The molecule has 1 fully saturated rings. The predicted molar refractivity (Wildman–Crippen MR) is 73.6 cm³/mol. The molecule has 1 aliphatic rings. The topological polar surface area (TPSA) is 39.9 Å². The van der Waals surface area contributed by atoms with E-state index in [1.54, 1.807) is 0 Å². The smallest absolute Gasteiger partial charge is 0.147 e. The van der Waals surface area contributed by atoms with Crippen LogP contribution in [-0.2, 0) is 0 Å². The fraction of sp³-hybridized carbons (Fsp3) is 0.600. The van der Waals surface area contributed by atoms with Crippen molar-refractivity contribution in [2.24, 2.45) is 11.8 Å². The monoisotopic (exact) mass is 243 g/mol. The molecule has 0 saturated carbocycles. The molecule has 0 spiro atoms. The van der Waals surface area contributed by atoms with E-state index in [2.05, 4.69) is 29.8 Å². The zero-order valence-electron chi connectivity index (χ0n) is 11.7. The number of hydrogen-bond donors (Lipinski definition) is 0. The van der Waals surface area contributed by atoms with Gasteiger partial charge in [-0.1, -0.05) is 13.8 Å². The third-order valence-corrected chi connectivity index (χ3v) is 3.61. The van der Waals surface area contributed by atoms with Crippen LogP contribution in [0.25, 0.3) is 0 Å². The van der Waals surface area contributed by atoms with E-state index < -0.39 is 0 Å². The van der Waals surface area contributed by atoms with Crippen molar-refractivity contribution in [3.05, 3.63) is 22.9 Å². The van der Waals surface area contributed by atoms with Crippen molar-refractivity contribution in [2.45, 2.75) is 34.1 Å². The molecule has 2 atom stereocenters. The Morgan fingerprint density at radius 2 is 1.89 bits per heavy atom. The van der Waals surface area contributed by atoms with Crippen LogP contribution in [0.3, 0.4) is 0 Å². The SMILES string of the molecule is Cc1cc(C)c(C#N)c(N2CC(C)CC(C)C2)n1. The van der Waals surface area contributed by atoms with E-state index in [1.165, 1.54) is 6.42 Å². The largest absolute Gasteiger partial charge is 0.355 e. The van der Waals surface area contributed by atoms with Crippen LogP contribution in [0.2, 0.25) is 0 Å².